The molecule has 50 valence electrons. The van der Waals surface area contributed by atoms with E-state index in [0.717, 1.165) is 5.56 Å². The maximum absolute atomic E-state index is 9.00. The average Bonchev–Trinajstić information content (AvgIpc) is 2.37. The van der Waals surface area contributed by atoms with Crippen molar-refractivity contribution in [3.05, 3.63) is 22.4 Å². The van der Waals surface area contributed by atoms with Crippen molar-refractivity contribution in [3.8, 4) is 0 Å². The molecule has 0 aliphatic carbocycles. The minimum absolute atomic E-state index is 0.753. The fraction of sp³-hybridized carbons (Fsp3) is 0.333. The van der Waals surface area contributed by atoms with E-state index in [0.29, 0.717) is 0 Å². The zero-order valence-electron chi connectivity index (χ0n) is 5.07. The normalized spacial score (nSPS) is 13.6. The van der Waals surface area contributed by atoms with Gasteiger partial charge in [-0.2, -0.15) is 11.3 Å². The van der Waals surface area contributed by atoms with Gasteiger partial charge in [0.25, 0.3) is 0 Å². The largest absolute Gasteiger partial charge is 0.364 e. The Morgan fingerprint density at radius 3 is 3.00 bits per heavy atom. The Hall–Kier alpha value is -0.380. The molecule has 1 atom stereocenters. The van der Waals surface area contributed by atoms with Crippen LogP contribution >= 0.6 is 11.3 Å². The molecular formula is C6H8O2S. The van der Waals surface area contributed by atoms with Gasteiger partial charge in [0.05, 0.1) is 0 Å². The van der Waals surface area contributed by atoms with Gasteiger partial charge in [-0.05, 0) is 16.8 Å². The molecule has 0 fully saturated rings. The van der Waals surface area contributed by atoms with E-state index in [2.05, 4.69) is 4.74 Å². The maximum atomic E-state index is 9.00. The van der Waals surface area contributed by atoms with Crippen LogP contribution in [0.2, 0.25) is 0 Å². The highest BCUT2D eigenvalue weighted by atomic mass is 32.1. The van der Waals surface area contributed by atoms with Gasteiger partial charge in [0.2, 0.25) is 0 Å². The molecule has 0 radical (unpaired) electrons. The van der Waals surface area contributed by atoms with E-state index >= 15 is 0 Å². The van der Waals surface area contributed by atoms with Gasteiger partial charge in [-0.15, -0.1) is 0 Å². The van der Waals surface area contributed by atoms with Crippen molar-refractivity contribution in [2.45, 2.75) is 6.29 Å². The summed E-state index contributed by atoms with van der Waals surface area (Å²) in [6.07, 6.45) is -0.753. The van der Waals surface area contributed by atoms with Crippen molar-refractivity contribution in [1.82, 2.24) is 0 Å². The molecule has 1 aromatic heterocycles. The van der Waals surface area contributed by atoms with Crippen molar-refractivity contribution in [3.63, 3.8) is 0 Å². The minimum atomic E-state index is -0.753. The lowest BCUT2D eigenvalue weighted by atomic mass is 10.3. The lowest BCUT2D eigenvalue weighted by molar-refractivity contribution is -0.0766. The first kappa shape index (κ1) is 6.74. The Kier molecular flexibility index (Phi) is 2.22. The predicted octanol–water partition coefficient (Wildman–Crippen LogP) is 1.39. The first-order valence-corrected chi connectivity index (χ1v) is 3.52. The number of hydrogen-bond acceptors (Lipinski definition) is 3. The molecule has 0 aromatic carbocycles. The van der Waals surface area contributed by atoms with E-state index in [1.54, 1.807) is 11.3 Å². The Morgan fingerprint density at radius 2 is 2.56 bits per heavy atom. The number of methoxy groups -OCH3 is 1. The summed E-state index contributed by atoms with van der Waals surface area (Å²) in [5.41, 5.74) is 0.822. The summed E-state index contributed by atoms with van der Waals surface area (Å²) in [7, 11) is 1.47. The number of aliphatic hydroxyl groups is 1. The third-order valence-corrected chi connectivity index (χ3v) is 1.75. The van der Waals surface area contributed by atoms with Crippen LogP contribution in [0.4, 0.5) is 0 Å². The van der Waals surface area contributed by atoms with Crippen LogP contribution in [0.25, 0.3) is 0 Å². The van der Waals surface area contributed by atoms with E-state index in [1.165, 1.54) is 7.11 Å². The Balaban J connectivity index is 2.65. The zero-order valence-corrected chi connectivity index (χ0v) is 5.89. The van der Waals surface area contributed by atoms with Crippen molar-refractivity contribution in [1.29, 1.82) is 0 Å². The van der Waals surface area contributed by atoms with Crippen LogP contribution in [-0.4, -0.2) is 12.2 Å². The second kappa shape index (κ2) is 2.96. The van der Waals surface area contributed by atoms with Crippen molar-refractivity contribution in [2.24, 2.45) is 0 Å². The van der Waals surface area contributed by atoms with E-state index in [-0.39, 0.29) is 0 Å². The maximum Gasteiger partial charge on any atom is 0.181 e. The average molecular weight is 144 g/mol. The number of aliphatic hydroxyl groups excluding tert-OH is 1. The molecule has 1 unspecified atom stereocenters. The lowest BCUT2D eigenvalue weighted by Crippen LogP contribution is -1.96. The number of rotatable bonds is 2. The summed E-state index contributed by atoms with van der Waals surface area (Å²) in [6.45, 7) is 0. The Morgan fingerprint density at radius 1 is 1.78 bits per heavy atom. The van der Waals surface area contributed by atoms with Crippen molar-refractivity contribution < 1.29 is 9.84 Å². The minimum Gasteiger partial charge on any atom is -0.364 e. The predicted molar refractivity (Wildman–Crippen MR) is 36.3 cm³/mol. The highest BCUT2D eigenvalue weighted by Crippen LogP contribution is 2.15. The van der Waals surface area contributed by atoms with Crippen LogP contribution in [0.3, 0.4) is 0 Å². The molecule has 0 aliphatic rings. The van der Waals surface area contributed by atoms with Gasteiger partial charge < -0.3 is 9.84 Å². The van der Waals surface area contributed by atoms with Crippen LogP contribution in [-0.2, 0) is 4.74 Å². The molecular weight excluding hydrogens is 136 g/mol. The van der Waals surface area contributed by atoms with Crippen LogP contribution < -0.4 is 0 Å². The number of thiophene rings is 1. The highest BCUT2D eigenvalue weighted by Gasteiger charge is 2.03. The zero-order chi connectivity index (χ0) is 6.69. The van der Waals surface area contributed by atoms with Crippen LogP contribution in [0.15, 0.2) is 16.8 Å². The van der Waals surface area contributed by atoms with Crippen molar-refractivity contribution in [2.75, 3.05) is 7.11 Å². The fourth-order valence-corrected chi connectivity index (χ4v) is 1.22. The smallest absolute Gasteiger partial charge is 0.181 e. The summed E-state index contributed by atoms with van der Waals surface area (Å²) in [5.74, 6) is 0. The van der Waals surface area contributed by atoms with E-state index in [9.17, 15) is 0 Å². The third-order valence-electron chi connectivity index (χ3n) is 1.05. The molecule has 1 heterocycles. The molecule has 0 aliphatic heterocycles. The second-order valence-corrected chi connectivity index (χ2v) is 2.42. The second-order valence-electron chi connectivity index (χ2n) is 1.64. The van der Waals surface area contributed by atoms with Crippen LogP contribution in [0, 0.1) is 0 Å². The SMILES string of the molecule is COC(O)c1ccsc1. The Labute approximate surface area is 57.7 Å². The molecule has 1 rings (SSSR count). The lowest BCUT2D eigenvalue weighted by Gasteiger charge is -2.03. The van der Waals surface area contributed by atoms with Gasteiger partial charge in [0.15, 0.2) is 6.29 Å². The summed E-state index contributed by atoms with van der Waals surface area (Å²) in [5, 5.41) is 12.8. The van der Waals surface area contributed by atoms with Gasteiger partial charge in [-0.25, -0.2) is 0 Å². The van der Waals surface area contributed by atoms with Gasteiger partial charge >= 0.3 is 0 Å². The van der Waals surface area contributed by atoms with Gasteiger partial charge in [0, 0.05) is 12.7 Å². The van der Waals surface area contributed by atoms with Crippen LogP contribution in [0.5, 0.6) is 0 Å². The summed E-state index contributed by atoms with van der Waals surface area (Å²) in [4.78, 5) is 0. The molecule has 0 amide bonds. The van der Waals surface area contributed by atoms with Gasteiger partial charge in [-0.1, -0.05) is 0 Å². The molecule has 1 N–H and O–H groups in total. The Bertz CT molecular complexity index is 160. The summed E-state index contributed by atoms with van der Waals surface area (Å²) >= 11 is 1.54. The molecule has 1 aromatic rings. The fourth-order valence-electron chi connectivity index (χ4n) is 0.552. The first-order chi connectivity index (χ1) is 4.34. The first-order valence-electron chi connectivity index (χ1n) is 2.57. The van der Waals surface area contributed by atoms with Crippen LogP contribution in [0.1, 0.15) is 11.9 Å². The molecule has 0 spiro atoms. The third kappa shape index (κ3) is 1.51. The number of ether oxygens (including phenoxy) is 1. The molecule has 3 heteroatoms. The van der Waals surface area contributed by atoms with Gasteiger partial charge in [-0.3, -0.25) is 0 Å². The molecule has 2 nitrogen and oxygen atoms in total. The molecule has 0 bridgehead atoms. The highest BCUT2D eigenvalue weighted by molar-refractivity contribution is 7.07. The monoisotopic (exact) mass is 144 g/mol. The molecule has 9 heavy (non-hydrogen) atoms. The van der Waals surface area contributed by atoms with E-state index < -0.39 is 6.29 Å². The van der Waals surface area contributed by atoms with Gasteiger partial charge in [0.1, 0.15) is 0 Å². The number of hydrogen-bond donors (Lipinski definition) is 1. The molecule has 0 saturated heterocycles. The van der Waals surface area contributed by atoms with E-state index in [1.807, 2.05) is 16.8 Å². The van der Waals surface area contributed by atoms with Crippen molar-refractivity contribution >= 4 is 11.3 Å². The van der Waals surface area contributed by atoms with E-state index in [4.69, 9.17) is 5.11 Å². The standard InChI is InChI=1S/C6H8O2S/c1-8-6(7)5-2-3-9-4-5/h2-4,6-7H,1H3. The summed E-state index contributed by atoms with van der Waals surface area (Å²) < 4.78 is 4.66. The molecule has 0 saturated carbocycles. The summed E-state index contributed by atoms with van der Waals surface area (Å²) in [6, 6.07) is 1.83. The topological polar surface area (TPSA) is 29.5 Å². The quantitative estimate of drug-likeness (QED) is 0.635.